The molecule has 2 heterocycles. The number of rotatable bonds is 2. The highest BCUT2D eigenvalue weighted by atomic mass is 28.3. The van der Waals surface area contributed by atoms with Crippen molar-refractivity contribution in [3.63, 3.8) is 0 Å². The summed E-state index contributed by atoms with van der Waals surface area (Å²) in [6, 6.07) is 31.0. The number of aryl methyl sites for hydroxylation is 1. The van der Waals surface area contributed by atoms with E-state index in [1.165, 1.54) is 37.4 Å². The molecule has 0 N–H and O–H groups in total. The van der Waals surface area contributed by atoms with E-state index in [0.717, 1.165) is 0 Å². The van der Waals surface area contributed by atoms with E-state index in [1.807, 2.05) is 6.20 Å². The van der Waals surface area contributed by atoms with Gasteiger partial charge in [-0.15, -0.1) is 0 Å². The lowest BCUT2D eigenvalue weighted by molar-refractivity contribution is 1.35. The van der Waals surface area contributed by atoms with Crippen LogP contribution >= 0.6 is 0 Å². The Hall–Kier alpha value is -2.97. The molecule has 0 spiro atoms. The largest absolute Gasteiger partial charge is 0.265 e. The van der Waals surface area contributed by atoms with Crippen LogP contribution in [0.3, 0.4) is 0 Å². The van der Waals surface area contributed by atoms with Gasteiger partial charge >= 0.3 is 0 Å². The lowest BCUT2D eigenvalue weighted by Gasteiger charge is -2.32. The van der Waals surface area contributed by atoms with E-state index in [-0.39, 0.29) is 0 Å². The molecule has 3 aromatic carbocycles. The van der Waals surface area contributed by atoms with Gasteiger partial charge in [-0.2, -0.15) is 0 Å². The SMILES string of the molecule is Cc1cccc2c1[Si](c1ccccc1)(c1ccccc1)c1cnccc1-2. The summed E-state index contributed by atoms with van der Waals surface area (Å²) in [6.07, 6.45) is 4.03. The Morgan fingerprint density at radius 2 is 1.31 bits per heavy atom. The second-order valence-electron chi connectivity index (χ2n) is 6.90. The minimum Gasteiger partial charge on any atom is -0.265 e. The average molecular weight is 350 g/mol. The van der Waals surface area contributed by atoms with Gasteiger partial charge in [0.05, 0.1) is 0 Å². The fourth-order valence-electron chi connectivity index (χ4n) is 4.60. The van der Waals surface area contributed by atoms with Crippen molar-refractivity contribution in [2.24, 2.45) is 0 Å². The third-order valence-corrected chi connectivity index (χ3v) is 10.6. The molecule has 124 valence electrons. The quantitative estimate of drug-likeness (QED) is 0.447. The van der Waals surface area contributed by atoms with Crippen LogP contribution in [0.2, 0.25) is 0 Å². The first-order chi connectivity index (χ1) is 12.8. The zero-order chi connectivity index (χ0) is 17.6. The van der Waals surface area contributed by atoms with Crippen molar-refractivity contribution in [1.82, 2.24) is 4.98 Å². The maximum absolute atomic E-state index is 4.55. The molecule has 0 amide bonds. The standard InChI is InChI=1S/C24H19NSi/c1-18-9-8-14-22-21-15-16-25-17-23(21)26(24(18)22,19-10-4-2-5-11-19)20-12-6-3-7-13-20/h2-17H,1H3. The molecular weight excluding hydrogens is 330 g/mol. The zero-order valence-corrected chi connectivity index (χ0v) is 15.7. The van der Waals surface area contributed by atoms with Crippen LogP contribution in [0, 0.1) is 6.92 Å². The Kier molecular flexibility index (Phi) is 3.40. The summed E-state index contributed by atoms with van der Waals surface area (Å²) in [5.41, 5.74) is 4.10. The molecule has 0 bridgehead atoms. The van der Waals surface area contributed by atoms with Crippen LogP contribution < -0.4 is 20.7 Å². The van der Waals surface area contributed by atoms with Crippen LogP contribution in [-0.2, 0) is 0 Å². The molecule has 0 radical (unpaired) electrons. The van der Waals surface area contributed by atoms with Gasteiger partial charge in [0.15, 0.2) is 8.07 Å². The van der Waals surface area contributed by atoms with E-state index in [1.54, 1.807) is 0 Å². The number of fused-ring (bicyclic) bond motifs is 3. The lowest BCUT2D eigenvalue weighted by Crippen LogP contribution is -2.73. The van der Waals surface area contributed by atoms with Crippen LogP contribution in [-0.4, -0.2) is 13.1 Å². The third-order valence-electron chi connectivity index (χ3n) is 5.58. The summed E-state index contributed by atoms with van der Waals surface area (Å²) in [5.74, 6) is 0. The Morgan fingerprint density at radius 3 is 1.96 bits per heavy atom. The fraction of sp³-hybridized carbons (Fsp3) is 0.0417. The predicted octanol–water partition coefficient (Wildman–Crippen LogP) is 2.75. The van der Waals surface area contributed by atoms with Gasteiger partial charge in [0.25, 0.3) is 0 Å². The van der Waals surface area contributed by atoms with Gasteiger partial charge in [-0.1, -0.05) is 84.4 Å². The molecule has 0 aliphatic carbocycles. The van der Waals surface area contributed by atoms with Gasteiger partial charge in [-0.3, -0.25) is 4.98 Å². The number of nitrogens with zero attached hydrogens (tertiary/aromatic N) is 1. The molecule has 4 aromatic rings. The summed E-state index contributed by atoms with van der Waals surface area (Å²) >= 11 is 0. The van der Waals surface area contributed by atoms with Gasteiger partial charge in [0.2, 0.25) is 0 Å². The van der Waals surface area contributed by atoms with Gasteiger partial charge in [0, 0.05) is 12.4 Å². The molecule has 0 fully saturated rings. The summed E-state index contributed by atoms with van der Waals surface area (Å²) in [6.45, 7) is 2.26. The first-order valence-corrected chi connectivity index (χ1v) is 11.0. The summed E-state index contributed by atoms with van der Waals surface area (Å²) in [5, 5.41) is 5.77. The smallest absolute Gasteiger partial charge is 0.182 e. The molecule has 26 heavy (non-hydrogen) atoms. The molecular formula is C24H19NSi. The van der Waals surface area contributed by atoms with Gasteiger partial charge in [-0.05, 0) is 44.9 Å². The summed E-state index contributed by atoms with van der Waals surface area (Å²) < 4.78 is 0. The molecule has 0 saturated heterocycles. The number of hydrogen-bond donors (Lipinski definition) is 0. The van der Waals surface area contributed by atoms with Crippen molar-refractivity contribution in [1.29, 1.82) is 0 Å². The molecule has 1 aliphatic heterocycles. The van der Waals surface area contributed by atoms with Crippen molar-refractivity contribution in [3.8, 4) is 11.1 Å². The first kappa shape index (κ1) is 15.3. The Balaban J connectivity index is 2.01. The number of hydrogen-bond acceptors (Lipinski definition) is 1. The summed E-state index contributed by atoms with van der Waals surface area (Å²) in [4.78, 5) is 4.55. The second kappa shape index (κ2) is 5.79. The molecule has 1 nitrogen and oxygen atoms in total. The van der Waals surface area contributed by atoms with Crippen molar-refractivity contribution in [2.45, 2.75) is 6.92 Å². The molecule has 0 atom stereocenters. The van der Waals surface area contributed by atoms with E-state index in [4.69, 9.17) is 0 Å². The maximum atomic E-state index is 4.55. The van der Waals surface area contributed by atoms with Gasteiger partial charge in [0.1, 0.15) is 0 Å². The molecule has 0 unspecified atom stereocenters. The highest BCUT2D eigenvalue weighted by Crippen LogP contribution is 2.29. The highest BCUT2D eigenvalue weighted by Gasteiger charge is 2.49. The van der Waals surface area contributed by atoms with Crippen LogP contribution in [0.1, 0.15) is 5.56 Å². The molecule has 1 aromatic heterocycles. The van der Waals surface area contributed by atoms with E-state index in [0.29, 0.717) is 0 Å². The number of benzene rings is 3. The monoisotopic (exact) mass is 349 g/mol. The molecule has 1 aliphatic rings. The van der Waals surface area contributed by atoms with Gasteiger partial charge < -0.3 is 0 Å². The van der Waals surface area contributed by atoms with E-state index in [2.05, 4.69) is 103 Å². The average Bonchev–Trinajstić information content (AvgIpc) is 3.02. The van der Waals surface area contributed by atoms with E-state index in [9.17, 15) is 0 Å². The highest BCUT2D eigenvalue weighted by molar-refractivity contribution is 7.22. The van der Waals surface area contributed by atoms with Crippen LogP contribution in [0.4, 0.5) is 0 Å². The van der Waals surface area contributed by atoms with E-state index >= 15 is 0 Å². The van der Waals surface area contributed by atoms with E-state index < -0.39 is 8.07 Å². The number of pyridine rings is 1. The predicted molar refractivity (Wildman–Crippen MR) is 112 cm³/mol. The minimum absolute atomic E-state index is 1.35. The zero-order valence-electron chi connectivity index (χ0n) is 14.7. The van der Waals surface area contributed by atoms with Crippen LogP contribution in [0.25, 0.3) is 11.1 Å². The summed E-state index contributed by atoms with van der Waals surface area (Å²) in [7, 11) is -2.33. The van der Waals surface area contributed by atoms with Crippen molar-refractivity contribution < 1.29 is 0 Å². The molecule has 0 saturated carbocycles. The fourth-order valence-corrected chi connectivity index (χ4v) is 9.97. The Labute approximate surface area is 155 Å². The van der Waals surface area contributed by atoms with Crippen LogP contribution in [0.15, 0.2) is 97.3 Å². The lowest BCUT2D eigenvalue weighted by atomic mass is 10.1. The maximum Gasteiger partial charge on any atom is 0.182 e. The number of aromatic nitrogens is 1. The minimum atomic E-state index is -2.33. The van der Waals surface area contributed by atoms with Crippen LogP contribution in [0.5, 0.6) is 0 Å². The van der Waals surface area contributed by atoms with Crippen molar-refractivity contribution >= 4 is 28.8 Å². The van der Waals surface area contributed by atoms with Crippen molar-refractivity contribution in [3.05, 3.63) is 103 Å². The molecule has 2 heteroatoms. The topological polar surface area (TPSA) is 12.9 Å². The second-order valence-corrected chi connectivity index (χ2v) is 10.6. The molecule has 5 rings (SSSR count). The first-order valence-electron chi connectivity index (χ1n) is 8.99. The van der Waals surface area contributed by atoms with Crippen molar-refractivity contribution in [2.75, 3.05) is 0 Å². The van der Waals surface area contributed by atoms with Gasteiger partial charge in [-0.25, -0.2) is 0 Å². The normalized spacial score (nSPS) is 13.9. The Bertz CT molecular complexity index is 1050. The Morgan fingerprint density at radius 1 is 0.654 bits per heavy atom. The third kappa shape index (κ3) is 1.93.